The van der Waals surface area contributed by atoms with E-state index in [1.54, 1.807) is 58.0 Å². The van der Waals surface area contributed by atoms with Crippen LogP contribution in [0.3, 0.4) is 0 Å². The van der Waals surface area contributed by atoms with E-state index < -0.39 is 83.7 Å². The second-order valence-corrected chi connectivity index (χ2v) is 17.9. The van der Waals surface area contributed by atoms with E-state index in [9.17, 15) is 24.9 Å². The van der Waals surface area contributed by atoms with Gasteiger partial charge in [-0.15, -0.1) is 0 Å². The summed E-state index contributed by atoms with van der Waals surface area (Å²) in [5, 5.41) is 43.6. The van der Waals surface area contributed by atoms with Crippen LogP contribution in [0, 0.1) is 23.7 Å². The minimum absolute atomic E-state index is 0.0219. The molecule has 1 amide bonds. The third-order valence-corrected chi connectivity index (χ3v) is 12.9. The summed E-state index contributed by atoms with van der Waals surface area (Å²) in [7, 11) is 5.27. The number of aliphatic hydroxyl groups is 3. The van der Waals surface area contributed by atoms with E-state index in [2.05, 4.69) is 10.5 Å². The molecule has 16 heteroatoms. The maximum absolute atomic E-state index is 14.3. The first-order valence-electron chi connectivity index (χ1n) is 21.2. The highest BCUT2D eigenvalue weighted by Gasteiger charge is 2.52. The first-order valence-corrected chi connectivity index (χ1v) is 21.6. The third-order valence-electron chi connectivity index (χ3n) is 12.5. The first kappa shape index (κ1) is 50.1. The molecule has 0 saturated carbocycles. The Bertz CT molecular complexity index is 1770. The second kappa shape index (κ2) is 21.7. The van der Waals surface area contributed by atoms with Gasteiger partial charge in [0.25, 0.3) is 0 Å². The summed E-state index contributed by atoms with van der Waals surface area (Å²) in [6.07, 6.45) is -7.44. The number of ether oxygens (including phenoxy) is 5. The number of cyclic esters (lactones) is 1. The van der Waals surface area contributed by atoms with Crippen LogP contribution >= 0.6 is 11.6 Å². The largest absolute Gasteiger partial charge is 0.459 e. The number of carbonyl (C=O) groups is 2. The van der Waals surface area contributed by atoms with Gasteiger partial charge in [0.05, 0.1) is 35.5 Å². The van der Waals surface area contributed by atoms with E-state index in [0.717, 1.165) is 5.56 Å². The summed E-state index contributed by atoms with van der Waals surface area (Å²) >= 11 is 6.43. The number of hydrogen-bond donors (Lipinski definition) is 5. The average molecular weight is 878 g/mol. The number of carbonyl (C=O) groups excluding carboxylic acids is 2. The number of nitrogens with one attached hydrogen (secondary N) is 1. The molecule has 14 atom stereocenters. The lowest BCUT2D eigenvalue weighted by atomic mass is 9.73. The fourth-order valence-electron chi connectivity index (χ4n) is 8.73. The highest BCUT2D eigenvalue weighted by Crippen LogP contribution is 2.40. The number of anilines is 1. The van der Waals surface area contributed by atoms with Gasteiger partial charge in [-0.05, 0) is 84.8 Å². The highest BCUT2D eigenvalue weighted by atomic mass is 35.5. The zero-order valence-electron chi connectivity index (χ0n) is 37.5. The number of amides is 1. The van der Waals surface area contributed by atoms with Gasteiger partial charge in [0, 0.05) is 53.7 Å². The van der Waals surface area contributed by atoms with Crippen LogP contribution in [0.25, 0.3) is 0 Å². The number of nitrogen functional groups attached to an aromatic ring is 1. The van der Waals surface area contributed by atoms with E-state index >= 15 is 0 Å². The number of hydrogen-bond acceptors (Lipinski definition) is 14. The standard InChI is InChI=1S/C45H69ClN4O11/c1-12-35-45(8,55)39(52)27(4)36(49-57-24-31-15-13-14-16-33(31)46)25(2)22-44(7,56-11)40(61-42-37(51)34(50(9)10)21-26(3)58-42)28(5)38(29(6)41(53)59-35)60-43(54)48-23-30-17-19-32(47)20-18-30/h13-20,25-29,34-35,37-40,42,51-52,55H,12,21-24,47H2,1-11H3,(H,48,54)/b49-36-/t25-,26-,27+,28+,29-,34+,35-,37-,38+,39-,40-,42+,44-,45-/m1/s1. The maximum atomic E-state index is 14.3. The Labute approximate surface area is 366 Å². The van der Waals surface area contributed by atoms with Crippen LogP contribution < -0.4 is 11.1 Å². The molecule has 0 bridgehead atoms. The molecule has 0 aromatic heterocycles. The smallest absolute Gasteiger partial charge is 0.407 e. The number of oxime groups is 1. The van der Waals surface area contributed by atoms with E-state index in [-0.39, 0.29) is 38.1 Å². The van der Waals surface area contributed by atoms with Crippen LogP contribution in [0.4, 0.5) is 10.5 Å². The number of benzene rings is 2. The molecule has 2 aliphatic rings. The molecule has 4 rings (SSSR count). The molecule has 0 radical (unpaired) electrons. The Morgan fingerprint density at radius 3 is 2.31 bits per heavy atom. The lowest BCUT2D eigenvalue weighted by Gasteiger charge is -2.48. The summed E-state index contributed by atoms with van der Waals surface area (Å²) in [5.41, 5.74) is 5.01. The fraction of sp³-hybridized carbons (Fsp3) is 0.667. The molecule has 342 valence electrons. The summed E-state index contributed by atoms with van der Waals surface area (Å²) in [5.74, 6) is -4.12. The molecule has 2 fully saturated rings. The Morgan fingerprint density at radius 1 is 1.05 bits per heavy atom. The summed E-state index contributed by atoms with van der Waals surface area (Å²) < 4.78 is 31.8. The lowest BCUT2D eigenvalue weighted by Crippen LogP contribution is -2.60. The minimum atomic E-state index is -1.97. The topological polar surface area (TPSA) is 204 Å². The van der Waals surface area contributed by atoms with E-state index in [1.165, 1.54) is 14.0 Å². The maximum Gasteiger partial charge on any atom is 0.407 e. The van der Waals surface area contributed by atoms with Gasteiger partial charge in [-0.25, -0.2) is 4.79 Å². The number of nitrogens with two attached hydrogens (primary N) is 1. The average Bonchev–Trinajstić information content (AvgIpc) is 3.22. The van der Waals surface area contributed by atoms with Crippen molar-refractivity contribution in [1.82, 2.24) is 10.2 Å². The summed E-state index contributed by atoms with van der Waals surface area (Å²) in [6, 6.07) is 13.9. The molecule has 0 aliphatic carbocycles. The predicted octanol–water partition coefficient (Wildman–Crippen LogP) is 5.69. The van der Waals surface area contributed by atoms with Crippen LogP contribution in [-0.4, -0.2) is 119 Å². The summed E-state index contributed by atoms with van der Waals surface area (Å²) in [4.78, 5) is 35.9. The first-order chi connectivity index (χ1) is 28.6. The second-order valence-electron chi connectivity index (χ2n) is 17.5. The van der Waals surface area contributed by atoms with Gasteiger partial charge in [0.15, 0.2) is 6.29 Å². The van der Waals surface area contributed by atoms with Crippen molar-refractivity contribution in [2.24, 2.45) is 28.8 Å². The van der Waals surface area contributed by atoms with Crippen LogP contribution in [-0.2, 0) is 46.5 Å². The van der Waals surface area contributed by atoms with Gasteiger partial charge in [-0.2, -0.15) is 0 Å². The van der Waals surface area contributed by atoms with Crippen molar-refractivity contribution in [3.8, 4) is 0 Å². The van der Waals surface area contributed by atoms with Crippen LogP contribution in [0.15, 0.2) is 53.7 Å². The quantitative estimate of drug-likeness (QED) is 0.105. The zero-order valence-corrected chi connectivity index (χ0v) is 38.3. The van der Waals surface area contributed by atoms with Crippen molar-refractivity contribution in [3.63, 3.8) is 0 Å². The predicted molar refractivity (Wildman–Crippen MR) is 232 cm³/mol. The molecular weight excluding hydrogens is 808 g/mol. The zero-order chi connectivity index (χ0) is 45.4. The molecule has 61 heavy (non-hydrogen) atoms. The monoisotopic (exact) mass is 876 g/mol. The number of rotatable bonds is 11. The highest BCUT2D eigenvalue weighted by molar-refractivity contribution is 6.31. The fourth-order valence-corrected chi connectivity index (χ4v) is 8.92. The third kappa shape index (κ3) is 12.3. The molecule has 2 heterocycles. The molecule has 0 spiro atoms. The molecule has 2 saturated heterocycles. The number of alkyl carbamates (subject to hydrolysis) is 1. The molecule has 15 nitrogen and oxygen atoms in total. The molecule has 2 aromatic rings. The number of halogens is 1. The van der Waals surface area contributed by atoms with Gasteiger partial charge in [-0.1, -0.05) is 74.8 Å². The number of esters is 1. The van der Waals surface area contributed by atoms with Gasteiger partial charge in [-0.3, -0.25) is 4.79 Å². The minimum Gasteiger partial charge on any atom is -0.459 e. The normalized spacial score (nSPS) is 36.2. The molecule has 0 unspecified atom stereocenters. The number of likely N-dealkylation sites (N-methyl/N-ethyl adjacent to an activating group) is 1. The Kier molecular flexibility index (Phi) is 17.8. The van der Waals surface area contributed by atoms with Crippen molar-refractivity contribution in [2.45, 2.75) is 148 Å². The van der Waals surface area contributed by atoms with E-state index in [0.29, 0.717) is 28.4 Å². The van der Waals surface area contributed by atoms with Gasteiger partial charge in [0.2, 0.25) is 0 Å². The number of aliphatic hydroxyl groups excluding tert-OH is 2. The molecular formula is C45H69ClN4O11. The van der Waals surface area contributed by atoms with Crippen molar-refractivity contribution < 1.29 is 53.4 Å². The molecule has 2 aromatic carbocycles. The number of methoxy groups -OCH3 is 1. The van der Waals surface area contributed by atoms with Crippen molar-refractivity contribution in [1.29, 1.82) is 0 Å². The van der Waals surface area contributed by atoms with E-state index in [1.807, 2.05) is 58.0 Å². The molecule has 6 N–H and O–H groups in total. The van der Waals surface area contributed by atoms with Gasteiger partial charge >= 0.3 is 12.1 Å². The van der Waals surface area contributed by atoms with Crippen molar-refractivity contribution in [2.75, 3.05) is 26.9 Å². The molecule has 2 aliphatic heterocycles. The van der Waals surface area contributed by atoms with Gasteiger partial charge in [0.1, 0.15) is 30.5 Å². The van der Waals surface area contributed by atoms with E-state index in [4.69, 9.17) is 45.9 Å². The van der Waals surface area contributed by atoms with Crippen molar-refractivity contribution in [3.05, 3.63) is 64.7 Å². The van der Waals surface area contributed by atoms with Gasteiger partial charge < -0.3 is 59.8 Å². The Balaban J connectivity index is 1.85. The van der Waals surface area contributed by atoms with Crippen molar-refractivity contribution >= 4 is 35.1 Å². The lowest BCUT2D eigenvalue weighted by molar-refractivity contribution is -0.301. The van der Waals surface area contributed by atoms with Crippen LogP contribution in [0.5, 0.6) is 0 Å². The van der Waals surface area contributed by atoms with Crippen LogP contribution in [0.1, 0.15) is 85.8 Å². The SMILES string of the molecule is CC[C@H]1OC(=O)[C@H](C)[C@@H](OC(=O)NCc2ccc(N)cc2)[C@H](C)[C@@H](O[C@@H]2O[C@H](C)C[C@H](N(C)C)[C@H]2O)[C@](C)(OC)C[C@@H](C)/C(=N/OCc2ccccc2Cl)[C@H](C)[C@@H](O)[C@]1(C)O. The Morgan fingerprint density at radius 2 is 1.70 bits per heavy atom. The van der Waals surface area contributed by atoms with Crippen LogP contribution in [0.2, 0.25) is 5.02 Å². The summed E-state index contributed by atoms with van der Waals surface area (Å²) in [6.45, 7) is 14.0. The Hall–Kier alpha value is -3.54. The number of nitrogens with zero attached hydrogens (tertiary/aromatic N) is 2.